The van der Waals surface area contributed by atoms with Gasteiger partial charge in [-0.2, -0.15) is 0 Å². The van der Waals surface area contributed by atoms with Crippen LogP contribution in [0.15, 0.2) is 34.7 Å². The molecule has 8 nitrogen and oxygen atoms in total. The van der Waals surface area contributed by atoms with Crippen molar-refractivity contribution in [1.29, 1.82) is 0 Å². The van der Waals surface area contributed by atoms with Gasteiger partial charge in [-0.25, -0.2) is 14.8 Å². The number of hydrogen-bond donors (Lipinski definition) is 2. The average molecular weight is 394 g/mol. The van der Waals surface area contributed by atoms with Crippen LogP contribution < -0.4 is 15.6 Å². The molecule has 1 saturated heterocycles. The number of thiazole rings is 1. The number of carboxylic acids is 1. The van der Waals surface area contributed by atoms with E-state index in [1.54, 1.807) is 28.3 Å². The number of halogens is 1. The fourth-order valence-corrected chi connectivity index (χ4v) is 3.47. The molecular weight excluding hydrogens is 378 g/mol. The molecule has 10 heteroatoms. The molecule has 0 spiro atoms. The van der Waals surface area contributed by atoms with E-state index in [1.165, 1.54) is 17.5 Å². The van der Waals surface area contributed by atoms with Crippen molar-refractivity contribution < 1.29 is 9.90 Å². The van der Waals surface area contributed by atoms with E-state index in [2.05, 4.69) is 20.2 Å². The molecule has 0 aliphatic carbocycles. The quantitative estimate of drug-likeness (QED) is 0.690. The van der Waals surface area contributed by atoms with Crippen LogP contribution in [0.25, 0.3) is 16.2 Å². The summed E-state index contributed by atoms with van der Waals surface area (Å²) in [4.78, 5) is 34.8. The van der Waals surface area contributed by atoms with E-state index in [9.17, 15) is 14.7 Å². The van der Waals surface area contributed by atoms with Crippen LogP contribution in [-0.4, -0.2) is 51.8 Å². The van der Waals surface area contributed by atoms with Gasteiger partial charge in [0.05, 0.1) is 5.39 Å². The molecule has 0 aromatic carbocycles. The highest BCUT2D eigenvalue weighted by atomic mass is 35.5. The van der Waals surface area contributed by atoms with Crippen LogP contribution >= 0.6 is 23.7 Å². The zero-order valence-corrected chi connectivity index (χ0v) is 15.4. The van der Waals surface area contributed by atoms with E-state index in [1.807, 2.05) is 7.05 Å². The van der Waals surface area contributed by atoms with E-state index >= 15 is 0 Å². The summed E-state index contributed by atoms with van der Waals surface area (Å²) in [6, 6.07) is 3.82. The van der Waals surface area contributed by atoms with Crippen molar-refractivity contribution in [2.45, 2.75) is 6.04 Å². The number of hydrogen-bond acceptors (Lipinski definition) is 7. The molecular formula is C16H16ClN5O3S. The van der Waals surface area contributed by atoms with Gasteiger partial charge < -0.3 is 15.3 Å². The summed E-state index contributed by atoms with van der Waals surface area (Å²) in [5.74, 6) is -0.507. The fourth-order valence-electron chi connectivity index (χ4n) is 2.85. The second-order valence-corrected chi connectivity index (χ2v) is 6.67. The summed E-state index contributed by atoms with van der Waals surface area (Å²) in [6.07, 6.45) is 2.93. The van der Waals surface area contributed by atoms with Crippen LogP contribution in [0.2, 0.25) is 0 Å². The van der Waals surface area contributed by atoms with Crippen LogP contribution in [0.1, 0.15) is 10.4 Å². The smallest absolute Gasteiger partial charge is 0.341 e. The number of aromatic carboxylic acids is 1. The molecule has 0 unspecified atom stereocenters. The lowest BCUT2D eigenvalue weighted by molar-refractivity contribution is 0.0695. The zero-order valence-electron chi connectivity index (χ0n) is 13.7. The Balaban J connectivity index is 0.00000196. The Morgan fingerprint density at radius 2 is 2.15 bits per heavy atom. The minimum absolute atomic E-state index is 0. The van der Waals surface area contributed by atoms with E-state index < -0.39 is 11.4 Å². The number of likely N-dealkylation sites (N-methyl/N-ethyl adjacent to an activating group) is 1. The summed E-state index contributed by atoms with van der Waals surface area (Å²) < 4.78 is 1.57. The normalized spacial score (nSPS) is 14.1. The Morgan fingerprint density at radius 1 is 1.38 bits per heavy atom. The summed E-state index contributed by atoms with van der Waals surface area (Å²) in [6.45, 7) is 1.67. The SMILES string of the molecule is CNC1CN(c2ccc3c(=O)c(C(=O)O)cn(-c4nccs4)c3n2)C1.Cl. The molecule has 3 aromatic rings. The van der Waals surface area contributed by atoms with Crippen molar-refractivity contribution in [2.24, 2.45) is 0 Å². The lowest BCUT2D eigenvalue weighted by Crippen LogP contribution is -2.57. The molecule has 4 rings (SSSR count). The first kappa shape index (κ1) is 18.3. The molecule has 0 saturated carbocycles. The number of carboxylic acid groups (broad SMARTS) is 1. The van der Waals surface area contributed by atoms with Gasteiger partial charge in [-0.1, -0.05) is 0 Å². The summed E-state index contributed by atoms with van der Waals surface area (Å²) in [5, 5.41) is 15.2. The minimum Gasteiger partial charge on any atom is -0.477 e. The first-order valence-electron chi connectivity index (χ1n) is 7.70. The molecule has 26 heavy (non-hydrogen) atoms. The zero-order chi connectivity index (χ0) is 17.6. The van der Waals surface area contributed by atoms with E-state index in [-0.39, 0.29) is 23.4 Å². The fraction of sp³-hybridized carbons (Fsp3) is 0.250. The Morgan fingerprint density at radius 3 is 2.77 bits per heavy atom. The number of fused-ring (bicyclic) bond motifs is 1. The van der Waals surface area contributed by atoms with Gasteiger partial charge in [0.15, 0.2) is 10.8 Å². The summed E-state index contributed by atoms with van der Waals surface area (Å²) in [5.41, 5.74) is -0.419. The number of rotatable bonds is 4. The lowest BCUT2D eigenvalue weighted by atomic mass is 10.1. The van der Waals surface area contributed by atoms with Crippen molar-refractivity contribution in [3.63, 3.8) is 0 Å². The summed E-state index contributed by atoms with van der Waals surface area (Å²) >= 11 is 1.35. The van der Waals surface area contributed by atoms with Gasteiger partial charge in [0.1, 0.15) is 11.4 Å². The van der Waals surface area contributed by atoms with E-state index in [0.29, 0.717) is 16.8 Å². The Hall–Kier alpha value is -2.49. The number of carbonyl (C=O) groups is 1. The second-order valence-electron chi connectivity index (χ2n) is 5.79. The molecule has 4 heterocycles. The average Bonchev–Trinajstić information content (AvgIpc) is 3.08. The van der Waals surface area contributed by atoms with Crippen molar-refractivity contribution in [3.05, 3.63) is 45.7 Å². The highest BCUT2D eigenvalue weighted by molar-refractivity contribution is 7.12. The summed E-state index contributed by atoms with van der Waals surface area (Å²) in [7, 11) is 1.92. The number of nitrogens with zero attached hydrogens (tertiary/aromatic N) is 4. The first-order valence-corrected chi connectivity index (χ1v) is 8.58. The molecule has 3 aromatic heterocycles. The Bertz CT molecular complexity index is 1010. The molecule has 0 amide bonds. The van der Waals surface area contributed by atoms with E-state index in [4.69, 9.17) is 0 Å². The number of pyridine rings is 2. The number of anilines is 1. The first-order chi connectivity index (χ1) is 12.1. The molecule has 1 fully saturated rings. The lowest BCUT2D eigenvalue weighted by Gasteiger charge is -2.40. The monoisotopic (exact) mass is 393 g/mol. The van der Waals surface area contributed by atoms with Crippen LogP contribution in [-0.2, 0) is 0 Å². The van der Waals surface area contributed by atoms with Gasteiger partial charge in [-0.05, 0) is 19.2 Å². The predicted octanol–water partition coefficient (Wildman–Crippen LogP) is 1.37. The maximum Gasteiger partial charge on any atom is 0.341 e. The number of nitrogens with one attached hydrogen (secondary N) is 1. The second kappa shape index (κ2) is 7.02. The van der Waals surface area contributed by atoms with Crippen LogP contribution in [0.5, 0.6) is 0 Å². The third-order valence-electron chi connectivity index (χ3n) is 4.31. The van der Waals surface area contributed by atoms with Gasteiger partial charge in [0.25, 0.3) is 0 Å². The van der Waals surface area contributed by atoms with E-state index in [0.717, 1.165) is 18.9 Å². The van der Waals surface area contributed by atoms with Crippen LogP contribution in [0.4, 0.5) is 5.82 Å². The van der Waals surface area contributed by atoms with Gasteiger partial charge in [-0.3, -0.25) is 9.36 Å². The maximum absolute atomic E-state index is 12.5. The van der Waals surface area contributed by atoms with Gasteiger partial charge >= 0.3 is 5.97 Å². The van der Waals surface area contributed by atoms with Crippen LogP contribution in [0.3, 0.4) is 0 Å². The Labute approximate surface area is 158 Å². The third-order valence-corrected chi connectivity index (χ3v) is 5.08. The molecule has 1 aliphatic rings. The third kappa shape index (κ3) is 2.94. The topological polar surface area (TPSA) is 100 Å². The van der Waals surface area contributed by atoms with Crippen molar-refractivity contribution in [3.8, 4) is 5.13 Å². The molecule has 2 N–H and O–H groups in total. The predicted molar refractivity (Wildman–Crippen MR) is 102 cm³/mol. The highest BCUT2D eigenvalue weighted by Gasteiger charge is 2.27. The van der Waals surface area contributed by atoms with Crippen molar-refractivity contribution >= 4 is 46.6 Å². The minimum atomic E-state index is -1.26. The standard InChI is InChI=1S/C16H15N5O3S.ClH/c1-17-9-6-20(7-9)12-3-2-10-13(22)11(15(23)24)8-21(14(10)19-12)16-18-4-5-25-16;/h2-5,8-9,17H,6-7H2,1H3,(H,23,24);1H. The molecule has 136 valence electrons. The largest absolute Gasteiger partial charge is 0.477 e. The Kier molecular flexibility index (Phi) is 4.94. The molecule has 1 aliphatic heterocycles. The van der Waals surface area contributed by atoms with Gasteiger partial charge in [-0.15, -0.1) is 23.7 Å². The van der Waals surface area contributed by atoms with Crippen molar-refractivity contribution in [2.75, 3.05) is 25.0 Å². The highest BCUT2D eigenvalue weighted by Crippen LogP contribution is 2.23. The van der Waals surface area contributed by atoms with Gasteiger partial charge in [0, 0.05) is 36.9 Å². The molecule has 0 atom stereocenters. The number of aromatic nitrogens is 3. The molecule has 0 radical (unpaired) electrons. The van der Waals surface area contributed by atoms with Gasteiger partial charge in [0.2, 0.25) is 5.43 Å². The maximum atomic E-state index is 12.5. The molecule has 0 bridgehead atoms. The van der Waals surface area contributed by atoms with Crippen LogP contribution in [0, 0.1) is 0 Å². The van der Waals surface area contributed by atoms with Crippen molar-refractivity contribution in [1.82, 2.24) is 19.9 Å².